The fourth-order valence-corrected chi connectivity index (χ4v) is 2.23. The van der Waals surface area contributed by atoms with Gasteiger partial charge in [0.15, 0.2) is 5.43 Å². The quantitative estimate of drug-likeness (QED) is 0.692. The molecule has 4 heteroatoms. The lowest BCUT2D eigenvalue weighted by atomic mass is 10.1. The molecule has 3 nitrogen and oxygen atoms in total. The molecule has 1 heterocycles. The minimum absolute atomic E-state index is 0.0723. The number of phenolic OH excluding ortho intramolecular Hbond substituents is 1. The Labute approximate surface area is 111 Å². The predicted molar refractivity (Wildman–Crippen MR) is 78.9 cm³/mol. The topological polar surface area (TPSA) is 50.4 Å². The van der Waals surface area contributed by atoms with Gasteiger partial charge in [0.25, 0.3) is 0 Å². The van der Waals surface area contributed by atoms with Crippen LogP contribution in [0.15, 0.2) is 57.9 Å². The summed E-state index contributed by atoms with van der Waals surface area (Å²) in [5, 5.41) is 10.8. The first-order chi connectivity index (χ1) is 9.15. The van der Waals surface area contributed by atoms with Crippen LogP contribution in [0.3, 0.4) is 0 Å². The lowest BCUT2D eigenvalue weighted by Gasteiger charge is -2.03. The molecule has 19 heavy (non-hydrogen) atoms. The maximum absolute atomic E-state index is 12.4. The van der Waals surface area contributed by atoms with Gasteiger partial charge in [-0.15, -0.1) is 9.24 Å². The second-order valence-corrected chi connectivity index (χ2v) is 4.95. The zero-order valence-electron chi connectivity index (χ0n) is 9.96. The van der Waals surface area contributed by atoms with E-state index in [1.54, 1.807) is 30.3 Å². The molecule has 1 atom stereocenters. The highest BCUT2D eigenvalue weighted by Crippen LogP contribution is 2.21. The van der Waals surface area contributed by atoms with E-state index < -0.39 is 0 Å². The molecule has 0 amide bonds. The number of hydrogen-bond acceptors (Lipinski definition) is 3. The molecule has 0 aliphatic heterocycles. The Hall–Kier alpha value is -2.12. The third-order valence-electron chi connectivity index (χ3n) is 2.98. The van der Waals surface area contributed by atoms with Crippen LogP contribution < -0.4 is 10.7 Å². The van der Waals surface area contributed by atoms with Crippen LogP contribution in [0, 0.1) is 0 Å². The standard InChI is InChI=1S/C15H11O3P/c16-10-3-1-9(2-4-10)13-8-18-14-7-11(19)5-6-12(14)15(13)17/h1-8,16H,19H2. The molecule has 0 spiro atoms. The molecule has 0 saturated heterocycles. The molecule has 0 fully saturated rings. The highest BCUT2D eigenvalue weighted by molar-refractivity contribution is 7.27. The van der Waals surface area contributed by atoms with E-state index >= 15 is 0 Å². The largest absolute Gasteiger partial charge is 0.508 e. The van der Waals surface area contributed by atoms with Crippen molar-refractivity contribution in [2.45, 2.75) is 0 Å². The highest BCUT2D eigenvalue weighted by atomic mass is 31.0. The summed E-state index contributed by atoms with van der Waals surface area (Å²) >= 11 is 0. The maximum Gasteiger partial charge on any atom is 0.200 e. The van der Waals surface area contributed by atoms with Gasteiger partial charge in [0.2, 0.25) is 0 Å². The average molecular weight is 270 g/mol. The van der Waals surface area contributed by atoms with Crippen molar-refractivity contribution in [2.75, 3.05) is 0 Å². The summed E-state index contributed by atoms with van der Waals surface area (Å²) in [4.78, 5) is 12.4. The van der Waals surface area contributed by atoms with E-state index in [-0.39, 0.29) is 11.2 Å². The molecule has 1 N–H and O–H groups in total. The molecular weight excluding hydrogens is 259 g/mol. The Morgan fingerprint density at radius 2 is 1.79 bits per heavy atom. The summed E-state index contributed by atoms with van der Waals surface area (Å²) in [5.74, 6) is 0.168. The number of benzene rings is 2. The van der Waals surface area contributed by atoms with Crippen LogP contribution >= 0.6 is 9.24 Å². The van der Waals surface area contributed by atoms with Crippen LogP contribution in [-0.4, -0.2) is 5.11 Å². The predicted octanol–water partition coefficient (Wildman–Crippen LogP) is 2.67. The normalized spacial score (nSPS) is 10.8. The maximum atomic E-state index is 12.4. The summed E-state index contributed by atoms with van der Waals surface area (Å²) in [5.41, 5.74) is 1.71. The molecule has 0 aliphatic rings. The molecule has 94 valence electrons. The van der Waals surface area contributed by atoms with Crippen LogP contribution in [0.5, 0.6) is 5.75 Å². The smallest absolute Gasteiger partial charge is 0.200 e. The first kappa shape index (κ1) is 11.9. The third kappa shape index (κ3) is 2.13. The second-order valence-electron chi connectivity index (χ2n) is 4.28. The number of rotatable bonds is 1. The van der Waals surface area contributed by atoms with Gasteiger partial charge in [-0.25, -0.2) is 0 Å². The van der Waals surface area contributed by atoms with Crippen molar-refractivity contribution in [3.05, 3.63) is 59.0 Å². The minimum atomic E-state index is -0.0723. The fraction of sp³-hybridized carbons (Fsp3) is 0. The van der Waals surface area contributed by atoms with Gasteiger partial charge in [-0.1, -0.05) is 18.2 Å². The molecule has 2 aromatic carbocycles. The van der Waals surface area contributed by atoms with Gasteiger partial charge in [-0.2, -0.15) is 0 Å². The van der Waals surface area contributed by atoms with Gasteiger partial charge in [0.1, 0.15) is 17.6 Å². The molecule has 0 radical (unpaired) electrons. The van der Waals surface area contributed by atoms with E-state index in [4.69, 9.17) is 4.42 Å². The van der Waals surface area contributed by atoms with Crippen LogP contribution in [0.2, 0.25) is 0 Å². The first-order valence-electron chi connectivity index (χ1n) is 5.75. The van der Waals surface area contributed by atoms with Crippen molar-refractivity contribution in [1.29, 1.82) is 0 Å². The Morgan fingerprint density at radius 3 is 2.53 bits per heavy atom. The van der Waals surface area contributed by atoms with Crippen molar-refractivity contribution in [2.24, 2.45) is 0 Å². The van der Waals surface area contributed by atoms with Crippen LogP contribution in [0.4, 0.5) is 0 Å². The van der Waals surface area contributed by atoms with Crippen molar-refractivity contribution < 1.29 is 9.52 Å². The van der Waals surface area contributed by atoms with E-state index in [9.17, 15) is 9.90 Å². The Bertz CT molecular complexity index is 804. The SMILES string of the molecule is O=c1c(-c2ccc(O)cc2)coc2cc(P)ccc12. The van der Waals surface area contributed by atoms with E-state index in [0.717, 1.165) is 10.9 Å². The minimum Gasteiger partial charge on any atom is -0.508 e. The van der Waals surface area contributed by atoms with Crippen LogP contribution in [0.1, 0.15) is 0 Å². The zero-order chi connectivity index (χ0) is 13.4. The molecular formula is C15H11O3P. The second kappa shape index (κ2) is 4.52. The fourth-order valence-electron chi connectivity index (χ4n) is 1.99. The van der Waals surface area contributed by atoms with Crippen molar-refractivity contribution in [3.8, 4) is 16.9 Å². The van der Waals surface area contributed by atoms with E-state index in [1.807, 2.05) is 12.1 Å². The van der Waals surface area contributed by atoms with Gasteiger partial charge in [-0.3, -0.25) is 4.79 Å². The first-order valence-corrected chi connectivity index (χ1v) is 6.33. The zero-order valence-corrected chi connectivity index (χ0v) is 11.1. The van der Waals surface area contributed by atoms with E-state index in [1.165, 1.54) is 6.26 Å². The van der Waals surface area contributed by atoms with Gasteiger partial charge in [0.05, 0.1) is 10.9 Å². The summed E-state index contributed by atoms with van der Waals surface area (Å²) in [6.07, 6.45) is 1.46. The Kier molecular flexibility index (Phi) is 2.84. The molecule has 0 bridgehead atoms. The molecule has 3 aromatic rings. The van der Waals surface area contributed by atoms with E-state index in [0.29, 0.717) is 16.5 Å². The number of aromatic hydroxyl groups is 1. The van der Waals surface area contributed by atoms with Gasteiger partial charge < -0.3 is 9.52 Å². The summed E-state index contributed by atoms with van der Waals surface area (Å²) in [6.45, 7) is 0. The third-order valence-corrected chi connectivity index (χ3v) is 3.34. The molecule has 3 rings (SSSR count). The molecule has 1 unspecified atom stereocenters. The average Bonchev–Trinajstić information content (AvgIpc) is 2.40. The van der Waals surface area contributed by atoms with Crippen LogP contribution in [-0.2, 0) is 0 Å². The summed E-state index contributed by atoms with van der Waals surface area (Å²) in [6, 6.07) is 11.9. The lowest BCUT2D eigenvalue weighted by Crippen LogP contribution is -2.05. The molecule has 0 aliphatic carbocycles. The van der Waals surface area contributed by atoms with Crippen LogP contribution in [0.25, 0.3) is 22.1 Å². The number of phenols is 1. The Morgan fingerprint density at radius 1 is 1.05 bits per heavy atom. The highest BCUT2D eigenvalue weighted by Gasteiger charge is 2.09. The van der Waals surface area contributed by atoms with Crippen molar-refractivity contribution >= 4 is 25.5 Å². The molecule has 0 saturated carbocycles. The van der Waals surface area contributed by atoms with Crippen molar-refractivity contribution in [3.63, 3.8) is 0 Å². The monoisotopic (exact) mass is 270 g/mol. The summed E-state index contributed by atoms with van der Waals surface area (Å²) in [7, 11) is 2.57. The van der Waals surface area contributed by atoms with Gasteiger partial charge in [0, 0.05) is 0 Å². The summed E-state index contributed by atoms with van der Waals surface area (Å²) < 4.78 is 5.51. The lowest BCUT2D eigenvalue weighted by molar-refractivity contribution is 0.475. The number of fused-ring (bicyclic) bond motifs is 1. The van der Waals surface area contributed by atoms with Crippen molar-refractivity contribution in [1.82, 2.24) is 0 Å². The van der Waals surface area contributed by atoms with E-state index in [2.05, 4.69) is 9.24 Å². The van der Waals surface area contributed by atoms with Gasteiger partial charge >= 0.3 is 0 Å². The molecule has 1 aromatic heterocycles. The van der Waals surface area contributed by atoms with Gasteiger partial charge in [-0.05, 0) is 35.1 Å². The Balaban J connectivity index is 2.26. The number of hydrogen-bond donors (Lipinski definition) is 1.